The molecular weight excluding hydrogens is 334 g/mol. The second kappa shape index (κ2) is 6.87. The first-order chi connectivity index (χ1) is 13.2. The summed E-state index contributed by atoms with van der Waals surface area (Å²) < 4.78 is 5.83. The van der Waals surface area contributed by atoms with Crippen molar-refractivity contribution in [2.45, 2.75) is 57.2 Å². The second-order valence-electron chi connectivity index (χ2n) is 9.12. The highest BCUT2D eigenvalue weighted by Crippen LogP contribution is 2.55. The first kappa shape index (κ1) is 17.1. The molecule has 4 bridgehead atoms. The highest BCUT2D eigenvalue weighted by molar-refractivity contribution is 5.40. The van der Waals surface area contributed by atoms with Gasteiger partial charge in [0.1, 0.15) is 18.1 Å². The minimum atomic E-state index is 0.323. The standard InChI is InChI=1S/C24H29NO2/c26-23-11-22(27-16-17-4-2-1-3-5-17)7-6-21(23)15-25-24-12-18-8-19(13-24)10-20(9-18)14-24/h1-7,11,18-20,25-26H,8-10,12-16H2. The molecule has 0 unspecified atom stereocenters. The Morgan fingerprint density at radius 3 is 2.22 bits per heavy atom. The zero-order chi connectivity index (χ0) is 18.3. The third kappa shape index (κ3) is 3.58. The van der Waals surface area contributed by atoms with E-state index in [1.54, 1.807) is 6.07 Å². The van der Waals surface area contributed by atoms with Gasteiger partial charge in [0.25, 0.3) is 0 Å². The van der Waals surface area contributed by atoms with Gasteiger partial charge in [-0.2, -0.15) is 0 Å². The van der Waals surface area contributed by atoms with E-state index in [-0.39, 0.29) is 0 Å². The van der Waals surface area contributed by atoms with E-state index in [1.165, 1.54) is 38.5 Å². The number of nitrogens with one attached hydrogen (secondary N) is 1. The van der Waals surface area contributed by atoms with Crippen LogP contribution >= 0.6 is 0 Å². The molecule has 0 saturated heterocycles. The van der Waals surface area contributed by atoms with Crippen molar-refractivity contribution >= 4 is 0 Å². The molecule has 0 spiro atoms. The number of ether oxygens (including phenoxy) is 1. The molecular formula is C24H29NO2. The summed E-state index contributed by atoms with van der Waals surface area (Å²) in [6.45, 7) is 1.27. The van der Waals surface area contributed by atoms with Gasteiger partial charge in [-0.3, -0.25) is 0 Å². The molecule has 3 heteroatoms. The lowest BCUT2D eigenvalue weighted by Crippen LogP contribution is -2.58. The number of rotatable bonds is 6. The van der Waals surface area contributed by atoms with Gasteiger partial charge in [-0.05, 0) is 67.9 Å². The smallest absolute Gasteiger partial charge is 0.123 e. The molecule has 142 valence electrons. The van der Waals surface area contributed by atoms with Crippen molar-refractivity contribution in [3.63, 3.8) is 0 Å². The summed E-state index contributed by atoms with van der Waals surface area (Å²) in [7, 11) is 0. The third-order valence-corrected chi connectivity index (χ3v) is 7.00. The second-order valence-corrected chi connectivity index (χ2v) is 9.12. The molecule has 3 nitrogen and oxygen atoms in total. The zero-order valence-electron chi connectivity index (χ0n) is 15.9. The Bertz CT molecular complexity index is 766. The quantitative estimate of drug-likeness (QED) is 0.756. The summed E-state index contributed by atoms with van der Waals surface area (Å²) in [5.41, 5.74) is 2.42. The maximum atomic E-state index is 10.5. The number of phenols is 1. The molecule has 0 atom stereocenters. The van der Waals surface area contributed by atoms with Crippen molar-refractivity contribution < 1.29 is 9.84 Å². The van der Waals surface area contributed by atoms with Gasteiger partial charge < -0.3 is 15.2 Å². The average molecular weight is 364 g/mol. The van der Waals surface area contributed by atoms with Crippen molar-refractivity contribution in [3.8, 4) is 11.5 Å². The van der Waals surface area contributed by atoms with E-state index in [1.807, 2.05) is 42.5 Å². The molecule has 27 heavy (non-hydrogen) atoms. The van der Waals surface area contributed by atoms with E-state index >= 15 is 0 Å². The van der Waals surface area contributed by atoms with E-state index in [4.69, 9.17) is 4.74 Å². The van der Waals surface area contributed by atoms with Crippen LogP contribution in [0.5, 0.6) is 11.5 Å². The van der Waals surface area contributed by atoms with E-state index in [2.05, 4.69) is 5.32 Å². The van der Waals surface area contributed by atoms with Crippen molar-refractivity contribution in [2.75, 3.05) is 0 Å². The molecule has 4 fully saturated rings. The fraction of sp³-hybridized carbons (Fsp3) is 0.500. The van der Waals surface area contributed by atoms with Gasteiger partial charge in [0.2, 0.25) is 0 Å². The minimum absolute atomic E-state index is 0.323. The lowest BCUT2D eigenvalue weighted by molar-refractivity contribution is -0.0206. The monoisotopic (exact) mass is 363 g/mol. The molecule has 4 aliphatic carbocycles. The zero-order valence-corrected chi connectivity index (χ0v) is 15.9. The number of phenolic OH excluding ortho intramolecular Hbond substituents is 1. The van der Waals surface area contributed by atoms with Crippen LogP contribution in [0, 0.1) is 17.8 Å². The Hall–Kier alpha value is -2.00. The van der Waals surface area contributed by atoms with Crippen molar-refractivity contribution in [2.24, 2.45) is 17.8 Å². The third-order valence-electron chi connectivity index (χ3n) is 7.00. The predicted octanol–water partition coefficient (Wildman–Crippen LogP) is 5.03. The predicted molar refractivity (Wildman–Crippen MR) is 107 cm³/mol. The minimum Gasteiger partial charge on any atom is -0.507 e. The summed E-state index contributed by atoms with van der Waals surface area (Å²) in [5.74, 6) is 3.86. The Labute approximate surface area is 161 Å². The molecule has 2 aromatic carbocycles. The van der Waals surface area contributed by atoms with Crippen LogP contribution < -0.4 is 10.1 Å². The summed E-state index contributed by atoms with van der Waals surface area (Å²) in [6.07, 6.45) is 8.37. The first-order valence-electron chi connectivity index (χ1n) is 10.4. The number of hydrogen-bond acceptors (Lipinski definition) is 3. The van der Waals surface area contributed by atoms with Gasteiger partial charge in [-0.25, -0.2) is 0 Å². The normalized spacial score (nSPS) is 31.2. The molecule has 4 aliphatic rings. The van der Waals surface area contributed by atoms with Gasteiger partial charge in [-0.15, -0.1) is 0 Å². The molecule has 0 aromatic heterocycles. The van der Waals surface area contributed by atoms with Gasteiger partial charge in [0.05, 0.1) is 0 Å². The van der Waals surface area contributed by atoms with E-state index < -0.39 is 0 Å². The maximum absolute atomic E-state index is 10.5. The fourth-order valence-electron chi connectivity index (χ4n) is 6.13. The summed E-state index contributed by atoms with van der Waals surface area (Å²) in [6, 6.07) is 15.8. The SMILES string of the molecule is Oc1cc(OCc2ccccc2)ccc1CNC12CC3CC(CC(C3)C1)C2. The van der Waals surface area contributed by atoms with Crippen LogP contribution in [0.1, 0.15) is 49.7 Å². The Morgan fingerprint density at radius 2 is 1.59 bits per heavy atom. The highest BCUT2D eigenvalue weighted by Gasteiger charge is 2.50. The van der Waals surface area contributed by atoms with Crippen LogP contribution in [-0.4, -0.2) is 10.6 Å². The Morgan fingerprint density at radius 1 is 0.926 bits per heavy atom. The van der Waals surface area contributed by atoms with Gasteiger partial charge in [0, 0.05) is 23.7 Å². The Kier molecular flexibility index (Phi) is 4.35. The van der Waals surface area contributed by atoms with Crippen molar-refractivity contribution in [1.29, 1.82) is 0 Å². The molecule has 0 aliphatic heterocycles. The van der Waals surface area contributed by atoms with Crippen LogP contribution in [0.25, 0.3) is 0 Å². The summed E-state index contributed by atoms with van der Waals surface area (Å²) in [5, 5.41) is 14.3. The molecule has 0 amide bonds. The van der Waals surface area contributed by atoms with Gasteiger partial charge in [-0.1, -0.05) is 36.4 Å². The fourth-order valence-corrected chi connectivity index (χ4v) is 6.13. The number of hydrogen-bond donors (Lipinski definition) is 2. The van der Waals surface area contributed by atoms with E-state index in [0.29, 0.717) is 17.9 Å². The molecule has 0 heterocycles. The largest absolute Gasteiger partial charge is 0.507 e. The molecule has 6 rings (SSSR count). The summed E-state index contributed by atoms with van der Waals surface area (Å²) >= 11 is 0. The molecule has 0 radical (unpaired) electrons. The lowest BCUT2D eigenvalue weighted by atomic mass is 9.53. The highest BCUT2D eigenvalue weighted by atomic mass is 16.5. The van der Waals surface area contributed by atoms with Crippen LogP contribution in [0.3, 0.4) is 0 Å². The van der Waals surface area contributed by atoms with Crippen LogP contribution in [-0.2, 0) is 13.2 Å². The van der Waals surface area contributed by atoms with E-state index in [9.17, 15) is 5.11 Å². The average Bonchev–Trinajstić information content (AvgIpc) is 2.65. The molecule has 4 saturated carbocycles. The van der Waals surface area contributed by atoms with Crippen molar-refractivity contribution in [3.05, 3.63) is 59.7 Å². The Balaban J connectivity index is 1.21. The van der Waals surface area contributed by atoms with Crippen LogP contribution in [0.4, 0.5) is 0 Å². The van der Waals surface area contributed by atoms with E-state index in [0.717, 1.165) is 41.2 Å². The van der Waals surface area contributed by atoms with Gasteiger partial charge >= 0.3 is 0 Å². The molecule has 2 N–H and O–H groups in total. The number of aromatic hydroxyl groups is 1. The first-order valence-corrected chi connectivity index (χ1v) is 10.4. The maximum Gasteiger partial charge on any atom is 0.123 e. The molecule has 2 aromatic rings. The summed E-state index contributed by atoms with van der Waals surface area (Å²) in [4.78, 5) is 0. The number of benzene rings is 2. The van der Waals surface area contributed by atoms with Crippen LogP contribution in [0.2, 0.25) is 0 Å². The topological polar surface area (TPSA) is 41.5 Å². The van der Waals surface area contributed by atoms with Crippen molar-refractivity contribution in [1.82, 2.24) is 5.32 Å². The van der Waals surface area contributed by atoms with Gasteiger partial charge in [0.15, 0.2) is 0 Å². The lowest BCUT2D eigenvalue weighted by Gasteiger charge is -2.57. The van der Waals surface area contributed by atoms with Crippen LogP contribution in [0.15, 0.2) is 48.5 Å².